The molecule has 110 valence electrons. The summed E-state index contributed by atoms with van der Waals surface area (Å²) in [5.74, 6) is 5.05. The molecule has 3 N–H and O–H groups in total. The molecule has 0 bridgehead atoms. The van der Waals surface area contributed by atoms with Crippen LogP contribution in [0.4, 0.5) is 0 Å². The summed E-state index contributed by atoms with van der Waals surface area (Å²) in [5.41, 5.74) is 4.54. The van der Waals surface area contributed by atoms with Gasteiger partial charge in [-0.2, -0.15) is 0 Å². The molecule has 1 amide bonds. The highest BCUT2D eigenvalue weighted by atomic mass is 16.2. The standard InChI is InChI=1S/C16H25N3O/c1-2-15-9-5-6-10-19(15)12-14-8-4-3-7-13(14)11-16(20)18-17/h3-4,7-8,15H,2,5-6,9-12,17H2,1H3,(H,18,20). The lowest BCUT2D eigenvalue weighted by molar-refractivity contribution is -0.120. The minimum absolute atomic E-state index is 0.136. The van der Waals surface area contributed by atoms with Gasteiger partial charge in [-0.05, 0) is 36.9 Å². The quantitative estimate of drug-likeness (QED) is 0.491. The van der Waals surface area contributed by atoms with Crippen molar-refractivity contribution in [2.75, 3.05) is 6.54 Å². The normalized spacial score (nSPS) is 19.8. The fourth-order valence-electron chi connectivity index (χ4n) is 3.06. The lowest BCUT2D eigenvalue weighted by atomic mass is 9.97. The van der Waals surface area contributed by atoms with Crippen LogP contribution in [0.15, 0.2) is 24.3 Å². The van der Waals surface area contributed by atoms with Crippen LogP contribution in [0.3, 0.4) is 0 Å². The third-order valence-electron chi connectivity index (χ3n) is 4.22. The van der Waals surface area contributed by atoms with Crippen LogP contribution >= 0.6 is 0 Å². The monoisotopic (exact) mass is 275 g/mol. The molecule has 20 heavy (non-hydrogen) atoms. The number of carbonyl (C=O) groups is 1. The van der Waals surface area contributed by atoms with Crippen molar-refractivity contribution in [3.05, 3.63) is 35.4 Å². The number of rotatable bonds is 5. The maximum Gasteiger partial charge on any atom is 0.238 e. The van der Waals surface area contributed by atoms with E-state index in [0.29, 0.717) is 12.5 Å². The number of hydrogen-bond donors (Lipinski definition) is 2. The van der Waals surface area contributed by atoms with Gasteiger partial charge in [0.05, 0.1) is 6.42 Å². The van der Waals surface area contributed by atoms with Gasteiger partial charge in [-0.1, -0.05) is 37.6 Å². The number of piperidine rings is 1. The Morgan fingerprint density at radius 1 is 1.35 bits per heavy atom. The summed E-state index contributed by atoms with van der Waals surface area (Å²) in [5, 5.41) is 0. The Morgan fingerprint density at radius 2 is 2.10 bits per heavy atom. The topological polar surface area (TPSA) is 58.4 Å². The number of likely N-dealkylation sites (tertiary alicyclic amines) is 1. The van der Waals surface area contributed by atoms with E-state index in [1.807, 2.05) is 18.2 Å². The number of benzene rings is 1. The molecule has 1 fully saturated rings. The molecule has 1 aromatic carbocycles. The lowest BCUT2D eigenvalue weighted by Crippen LogP contribution is -2.38. The van der Waals surface area contributed by atoms with Crippen LogP contribution in [-0.2, 0) is 17.8 Å². The maximum atomic E-state index is 11.5. The number of nitrogens with two attached hydrogens (primary N) is 1. The molecule has 4 nitrogen and oxygen atoms in total. The van der Waals surface area contributed by atoms with Gasteiger partial charge in [-0.15, -0.1) is 0 Å². The lowest BCUT2D eigenvalue weighted by Gasteiger charge is -2.35. The highest BCUT2D eigenvalue weighted by molar-refractivity contribution is 5.78. The fraction of sp³-hybridized carbons (Fsp3) is 0.562. The fourth-order valence-corrected chi connectivity index (χ4v) is 3.06. The molecule has 0 radical (unpaired) electrons. The minimum atomic E-state index is -0.136. The van der Waals surface area contributed by atoms with E-state index >= 15 is 0 Å². The zero-order valence-corrected chi connectivity index (χ0v) is 12.3. The van der Waals surface area contributed by atoms with E-state index in [9.17, 15) is 4.79 Å². The van der Waals surface area contributed by atoms with Gasteiger partial charge in [0.1, 0.15) is 0 Å². The van der Waals surface area contributed by atoms with Gasteiger partial charge in [0, 0.05) is 12.6 Å². The van der Waals surface area contributed by atoms with E-state index in [0.717, 1.165) is 18.7 Å². The number of amides is 1. The van der Waals surface area contributed by atoms with E-state index in [1.165, 1.54) is 31.2 Å². The van der Waals surface area contributed by atoms with Crippen molar-refractivity contribution in [3.63, 3.8) is 0 Å². The van der Waals surface area contributed by atoms with Crippen LogP contribution in [0.1, 0.15) is 43.7 Å². The van der Waals surface area contributed by atoms with Crippen molar-refractivity contribution >= 4 is 5.91 Å². The summed E-state index contributed by atoms with van der Waals surface area (Å²) in [6, 6.07) is 8.86. The second-order valence-corrected chi connectivity index (χ2v) is 5.54. The molecule has 1 aromatic rings. The second kappa shape index (κ2) is 7.41. The number of nitrogens with one attached hydrogen (secondary N) is 1. The van der Waals surface area contributed by atoms with E-state index in [1.54, 1.807) is 0 Å². The van der Waals surface area contributed by atoms with E-state index < -0.39 is 0 Å². The van der Waals surface area contributed by atoms with Crippen LogP contribution in [0.2, 0.25) is 0 Å². The molecule has 0 aromatic heterocycles. The van der Waals surface area contributed by atoms with Gasteiger partial charge in [0.2, 0.25) is 5.91 Å². The molecule has 1 aliphatic rings. The molecule has 0 spiro atoms. The summed E-state index contributed by atoms with van der Waals surface area (Å²) in [4.78, 5) is 14.1. The Bertz CT molecular complexity index is 447. The first-order valence-electron chi connectivity index (χ1n) is 7.55. The molecule has 2 rings (SSSR count). The van der Waals surface area contributed by atoms with E-state index in [-0.39, 0.29) is 5.91 Å². The van der Waals surface area contributed by atoms with Crippen LogP contribution in [0.25, 0.3) is 0 Å². The van der Waals surface area contributed by atoms with Crippen molar-refractivity contribution in [1.29, 1.82) is 0 Å². The molecule has 1 unspecified atom stereocenters. The maximum absolute atomic E-state index is 11.5. The largest absolute Gasteiger partial charge is 0.296 e. The van der Waals surface area contributed by atoms with Gasteiger partial charge in [-0.3, -0.25) is 15.1 Å². The van der Waals surface area contributed by atoms with Crippen molar-refractivity contribution in [3.8, 4) is 0 Å². The van der Waals surface area contributed by atoms with Crippen molar-refractivity contribution in [1.82, 2.24) is 10.3 Å². The minimum Gasteiger partial charge on any atom is -0.296 e. The first-order chi connectivity index (χ1) is 9.74. The van der Waals surface area contributed by atoms with E-state index in [2.05, 4.69) is 23.3 Å². The Labute approximate surface area is 121 Å². The van der Waals surface area contributed by atoms with Gasteiger partial charge >= 0.3 is 0 Å². The molecule has 4 heteroatoms. The summed E-state index contributed by atoms with van der Waals surface area (Å²) >= 11 is 0. The number of hydrazine groups is 1. The summed E-state index contributed by atoms with van der Waals surface area (Å²) < 4.78 is 0. The SMILES string of the molecule is CCC1CCCCN1Cc1ccccc1CC(=O)NN. The second-order valence-electron chi connectivity index (χ2n) is 5.54. The first-order valence-corrected chi connectivity index (χ1v) is 7.55. The summed E-state index contributed by atoms with van der Waals surface area (Å²) in [6.07, 6.45) is 5.47. The van der Waals surface area contributed by atoms with Crippen molar-refractivity contribution in [2.24, 2.45) is 5.84 Å². The van der Waals surface area contributed by atoms with Gasteiger partial charge < -0.3 is 0 Å². The zero-order valence-electron chi connectivity index (χ0n) is 12.3. The Kier molecular flexibility index (Phi) is 5.56. The van der Waals surface area contributed by atoms with Crippen molar-refractivity contribution < 1.29 is 4.79 Å². The van der Waals surface area contributed by atoms with Crippen LogP contribution in [-0.4, -0.2) is 23.4 Å². The Morgan fingerprint density at radius 3 is 2.80 bits per heavy atom. The van der Waals surface area contributed by atoms with Gasteiger partial charge in [0.25, 0.3) is 0 Å². The molecule has 0 aliphatic carbocycles. The molecule has 1 heterocycles. The number of nitrogens with zero attached hydrogens (tertiary/aromatic N) is 1. The highest BCUT2D eigenvalue weighted by Crippen LogP contribution is 2.23. The highest BCUT2D eigenvalue weighted by Gasteiger charge is 2.21. The van der Waals surface area contributed by atoms with Crippen molar-refractivity contribution in [2.45, 2.75) is 51.6 Å². The molecular formula is C16H25N3O. The Balaban J connectivity index is 2.09. The number of hydrogen-bond acceptors (Lipinski definition) is 3. The molecule has 0 saturated carbocycles. The van der Waals surface area contributed by atoms with E-state index in [4.69, 9.17) is 5.84 Å². The predicted molar refractivity (Wildman–Crippen MR) is 80.8 cm³/mol. The molecule has 1 aliphatic heterocycles. The third-order valence-corrected chi connectivity index (χ3v) is 4.22. The van der Waals surface area contributed by atoms with Gasteiger partial charge in [-0.25, -0.2) is 5.84 Å². The molecule has 1 saturated heterocycles. The summed E-state index contributed by atoms with van der Waals surface area (Å²) in [6.45, 7) is 4.36. The zero-order chi connectivity index (χ0) is 14.4. The molecule has 1 atom stereocenters. The summed E-state index contributed by atoms with van der Waals surface area (Å²) in [7, 11) is 0. The van der Waals surface area contributed by atoms with Crippen LogP contribution in [0.5, 0.6) is 0 Å². The average Bonchev–Trinajstić information content (AvgIpc) is 2.49. The van der Waals surface area contributed by atoms with Crippen LogP contribution in [0, 0.1) is 0 Å². The third kappa shape index (κ3) is 3.81. The predicted octanol–water partition coefficient (Wildman–Crippen LogP) is 1.98. The average molecular weight is 275 g/mol. The van der Waals surface area contributed by atoms with Crippen LogP contribution < -0.4 is 11.3 Å². The molecular weight excluding hydrogens is 250 g/mol. The first kappa shape index (κ1) is 15.0. The Hall–Kier alpha value is -1.39. The van der Waals surface area contributed by atoms with Gasteiger partial charge in [0.15, 0.2) is 0 Å². The number of carbonyl (C=O) groups excluding carboxylic acids is 1. The smallest absolute Gasteiger partial charge is 0.238 e.